The molecule has 1 saturated heterocycles. The average molecular weight is 460 g/mol. The van der Waals surface area contributed by atoms with Gasteiger partial charge in [-0.3, -0.25) is 9.69 Å². The Hall–Kier alpha value is -1.73. The maximum atomic E-state index is 11.3. The van der Waals surface area contributed by atoms with E-state index in [9.17, 15) is 4.79 Å². The van der Waals surface area contributed by atoms with E-state index in [0.29, 0.717) is 18.7 Å². The fourth-order valence-electron chi connectivity index (χ4n) is 5.12. The van der Waals surface area contributed by atoms with Crippen LogP contribution in [0.15, 0.2) is 6.07 Å². The number of hydrogen-bond acceptors (Lipinski definition) is 6. The fourth-order valence-corrected chi connectivity index (χ4v) is 5.12. The molecule has 1 aliphatic heterocycles. The summed E-state index contributed by atoms with van der Waals surface area (Å²) in [5.41, 5.74) is 0.984. The highest BCUT2D eigenvalue weighted by Crippen LogP contribution is 2.28. The number of anilines is 1. The van der Waals surface area contributed by atoms with E-state index in [-0.39, 0.29) is 11.3 Å². The molecule has 1 aromatic rings. The SMILES string of the molecule is COCCc1cc(N2CCN(CC[C@H]3CC[C@H](NC(C)=O)CC3)C[C@H]2C)nc(C(C)(C)C)n1. The Labute approximate surface area is 200 Å². The van der Waals surface area contributed by atoms with Crippen LogP contribution in [0.5, 0.6) is 0 Å². The summed E-state index contributed by atoms with van der Waals surface area (Å²) >= 11 is 0. The maximum absolute atomic E-state index is 11.3. The van der Waals surface area contributed by atoms with Crippen molar-refractivity contribution in [3.05, 3.63) is 17.6 Å². The smallest absolute Gasteiger partial charge is 0.217 e. The minimum absolute atomic E-state index is 0.0815. The van der Waals surface area contributed by atoms with Crippen LogP contribution in [0.1, 0.15) is 78.2 Å². The lowest BCUT2D eigenvalue weighted by Gasteiger charge is -2.41. The Morgan fingerprint density at radius 2 is 1.91 bits per heavy atom. The van der Waals surface area contributed by atoms with Gasteiger partial charge in [-0.1, -0.05) is 20.8 Å². The monoisotopic (exact) mass is 459 g/mol. The second-order valence-electron chi connectivity index (χ2n) is 11.1. The van der Waals surface area contributed by atoms with E-state index in [1.54, 1.807) is 14.0 Å². The van der Waals surface area contributed by atoms with Crippen LogP contribution < -0.4 is 10.2 Å². The first kappa shape index (κ1) is 25.9. The van der Waals surface area contributed by atoms with Crippen LogP contribution in [0, 0.1) is 5.92 Å². The van der Waals surface area contributed by atoms with Crippen LogP contribution in [0.3, 0.4) is 0 Å². The number of aromatic nitrogens is 2. The van der Waals surface area contributed by atoms with E-state index in [1.807, 2.05) is 0 Å². The second-order valence-corrected chi connectivity index (χ2v) is 11.1. The normalized spacial score (nSPS) is 24.7. The van der Waals surface area contributed by atoms with Gasteiger partial charge in [-0.15, -0.1) is 0 Å². The molecule has 1 N–H and O–H groups in total. The minimum atomic E-state index is -0.0815. The number of ether oxygens (including phenoxy) is 1. The summed E-state index contributed by atoms with van der Waals surface area (Å²) in [4.78, 5) is 26.2. The number of piperazine rings is 1. The molecule has 0 unspecified atom stereocenters. The molecule has 3 rings (SSSR count). The van der Waals surface area contributed by atoms with E-state index in [1.165, 1.54) is 25.8 Å². The zero-order valence-corrected chi connectivity index (χ0v) is 21.7. The zero-order valence-electron chi connectivity index (χ0n) is 21.7. The summed E-state index contributed by atoms with van der Waals surface area (Å²) in [6, 6.07) is 2.97. The van der Waals surface area contributed by atoms with Crippen molar-refractivity contribution < 1.29 is 9.53 Å². The third-order valence-electron chi connectivity index (χ3n) is 7.11. The molecule has 0 bridgehead atoms. The lowest BCUT2D eigenvalue weighted by Crippen LogP contribution is -2.52. The predicted octanol–water partition coefficient (Wildman–Crippen LogP) is 3.56. The van der Waals surface area contributed by atoms with Crippen molar-refractivity contribution in [1.82, 2.24) is 20.2 Å². The van der Waals surface area contributed by atoms with E-state index in [2.05, 4.69) is 48.9 Å². The quantitative estimate of drug-likeness (QED) is 0.641. The van der Waals surface area contributed by atoms with Crippen molar-refractivity contribution in [2.24, 2.45) is 5.92 Å². The Kier molecular flexibility index (Phi) is 9.10. The third kappa shape index (κ3) is 7.64. The number of nitrogens with one attached hydrogen (secondary N) is 1. The Bertz CT molecular complexity index is 770. The molecular formula is C26H45N5O2. The second kappa shape index (κ2) is 11.6. The Morgan fingerprint density at radius 1 is 1.18 bits per heavy atom. The summed E-state index contributed by atoms with van der Waals surface area (Å²) in [5, 5.41) is 3.09. The van der Waals surface area contributed by atoms with E-state index in [4.69, 9.17) is 14.7 Å². The van der Waals surface area contributed by atoms with Crippen LogP contribution in [0.2, 0.25) is 0 Å². The molecule has 2 aliphatic rings. The summed E-state index contributed by atoms with van der Waals surface area (Å²) in [7, 11) is 1.74. The van der Waals surface area contributed by atoms with Crippen LogP contribution >= 0.6 is 0 Å². The van der Waals surface area contributed by atoms with E-state index >= 15 is 0 Å². The van der Waals surface area contributed by atoms with Gasteiger partial charge in [0.15, 0.2) is 0 Å². The van der Waals surface area contributed by atoms with Gasteiger partial charge in [0, 0.05) is 69.3 Å². The standard InChI is InChI=1S/C26H45N5O2/c1-19-18-30(13-11-21-7-9-22(10-8-21)27-20(2)32)14-15-31(19)24-17-23(12-16-33-6)28-25(29-24)26(3,4)5/h17,19,21-22H,7-16,18H2,1-6H3,(H,27,32)/t19-,21-,22-/m1/s1. The number of rotatable bonds is 8. The average Bonchev–Trinajstić information content (AvgIpc) is 2.76. The summed E-state index contributed by atoms with van der Waals surface area (Å²) in [6.45, 7) is 15.5. The van der Waals surface area contributed by atoms with Gasteiger partial charge in [-0.2, -0.15) is 0 Å². The van der Waals surface area contributed by atoms with Crippen LogP contribution in [0.4, 0.5) is 5.82 Å². The Morgan fingerprint density at radius 3 is 2.52 bits per heavy atom. The van der Waals surface area contributed by atoms with Crippen molar-refractivity contribution in [3.8, 4) is 0 Å². The van der Waals surface area contributed by atoms with Gasteiger partial charge >= 0.3 is 0 Å². The molecule has 0 spiro atoms. The van der Waals surface area contributed by atoms with Gasteiger partial charge in [-0.25, -0.2) is 9.97 Å². The number of nitrogens with zero attached hydrogens (tertiary/aromatic N) is 4. The molecule has 1 aromatic heterocycles. The highest BCUT2D eigenvalue weighted by Gasteiger charge is 2.28. The molecule has 7 nitrogen and oxygen atoms in total. The van der Waals surface area contributed by atoms with Crippen molar-refractivity contribution in [2.45, 2.75) is 90.6 Å². The predicted molar refractivity (Wildman–Crippen MR) is 134 cm³/mol. The summed E-state index contributed by atoms with van der Waals surface area (Å²) in [5.74, 6) is 2.87. The highest BCUT2D eigenvalue weighted by atomic mass is 16.5. The molecule has 1 amide bonds. The Balaban J connectivity index is 1.54. The first-order valence-corrected chi connectivity index (χ1v) is 12.8. The van der Waals surface area contributed by atoms with Gasteiger partial charge in [0.1, 0.15) is 11.6 Å². The third-order valence-corrected chi connectivity index (χ3v) is 7.11. The topological polar surface area (TPSA) is 70.6 Å². The van der Waals surface area contributed by atoms with Gasteiger partial charge in [0.05, 0.1) is 6.61 Å². The lowest BCUT2D eigenvalue weighted by atomic mass is 9.84. The minimum Gasteiger partial charge on any atom is -0.384 e. The molecule has 2 heterocycles. The number of carbonyl (C=O) groups excluding carboxylic acids is 1. The zero-order chi connectivity index (χ0) is 24.0. The van der Waals surface area contributed by atoms with Gasteiger partial charge in [0.2, 0.25) is 5.91 Å². The molecule has 1 aliphatic carbocycles. The molecule has 2 fully saturated rings. The molecule has 7 heteroatoms. The summed E-state index contributed by atoms with van der Waals surface area (Å²) < 4.78 is 5.29. The molecule has 1 saturated carbocycles. The molecule has 33 heavy (non-hydrogen) atoms. The van der Waals surface area contributed by atoms with Crippen molar-refractivity contribution in [2.75, 3.05) is 44.8 Å². The summed E-state index contributed by atoms with van der Waals surface area (Å²) in [6.07, 6.45) is 6.81. The number of methoxy groups -OCH3 is 1. The molecule has 0 aromatic carbocycles. The van der Waals surface area contributed by atoms with Crippen LogP contribution in [-0.4, -0.2) is 72.8 Å². The molecule has 186 valence electrons. The fraction of sp³-hybridized carbons (Fsp3) is 0.808. The lowest BCUT2D eigenvalue weighted by molar-refractivity contribution is -0.119. The van der Waals surface area contributed by atoms with Crippen molar-refractivity contribution in [3.63, 3.8) is 0 Å². The van der Waals surface area contributed by atoms with E-state index < -0.39 is 0 Å². The highest BCUT2D eigenvalue weighted by molar-refractivity contribution is 5.73. The maximum Gasteiger partial charge on any atom is 0.217 e. The first-order chi connectivity index (χ1) is 15.7. The number of carbonyl (C=O) groups is 1. The van der Waals surface area contributed by atoms with Gasteiger partial charge in [-0.05, 0) is 51.5 Å². The molecular weight excluding hydrogens is 414 g/mol. The van der Waals surface area contributed by atoms with Gasteiger partial charge in [0.25, 0.3) is 0 Å². The number of amides is 1. The van der Waals surface area contributed by atoms with E-state index in [0.717, 1.165) is 62.2 Å². The van der Waals surface area contributed by atoms with Crippen molar-refractivity contribution in [1.29, 1.82) is 0 Å². The van der Waals surface area contributed by atoms with Crippen LogP contribution in [-0.2, 0) is 21.4 Å². The first-order valence-electron chi connectivity index (χ1n) is 12.8. The number of hydrogen-bond donors (Lipinski definition) is 1. The largest absolute Gasteiger partial charge is 0.384 e. The van der Waals surface area contributed by atoms with Gasteiger partial charge < -0.3 is 15.0 Å². The molecule has 1 atom stereocenters. The molecule has 0 radical (unpaired) electrons. The van der Waals surface area contributed by atoms with Crippen LogP contribution in [0.25, 0.3) is 0 Å². The van der Waals surface area contributed by atoms with Crippen molar-refractivity contribution >= 4 is 11.7 Å².